The summed E-state index contributed by atoms with van der Waals surface area (Å²) in [7, 11) is 1.85. The van der Waals surface area contributed by atoms with E-state index in [9.17, 15) is 0 Å². The van der Waals surface area contributed by atoms with Gasteiger partial charge in [-0.05, 0) is 20.9 Å². The van der Waals surface area contributed by atoms with Crippen molar-refractivity contribution in [2.75, 3.05) is 7.05 Å². The van der Waals surface area contributed by atoms with E-state index in [1.165, 1.54) is 0 Å². The number of allylic oxidation sites excluding steroid dienone is 1. The van der Waals surface area contributed by atoms with Crippen LogP contribution in [0.1, 0.15) is 13.8 Å². The molecule has 0 aromatic rings. The summed E-state index contributed by atoms with van der Waals surface area (Å²) in [6.45, 7) is 4.14. The highest BCUT2D eigenvalue weighted by Crippen LogP contribution is 2.18. The fourth-order valence-electron chi connectivity index (χ4n) is 0.573. The lowest BCUT2D eigenvalue weighted by molar-refractivity contribution is 0.923. The molecule has 0 fully saturated rings. The minimum atomic E-state index is 0.0196. The van der Waals surface area contributed by atoms with Crippen molar-refractivity contribution in [2.24, 2.45) is 0 Å². The normalized spacial score (nSPS) is 17.6. The molecule has 0 aromatic carbocycles. The zero-order chi connectivity index (χ0) is 7.98. The monoisotopic (exact) mass is 179 g/mol. The summed E-state index contributed by atoms with van der Waals surface area (Å²) < 4.78 is 0. The first-order valence-electron chi connectivity index (χ1n) is 3.30. The standard InChI is InChI=1S/C7H14ClNS/c1-4-5-6(2)10-7(8)9-3/h4-7,9H,1-3H3/b5-4+/t6-,7?/m1/s1. The second kappa shape index (κ2) is 6.08. The summed E-state index contributed by atoms with van der Waals surface area (Å²) in [4.78, 5) is 0.0196. The number of hydrogen-bond donors (Lipinski definition) is 1. The number of alkyl halides is 1. The van der Waals surface area contributed by atoms with Crippen LogP contribution in [0.3, 0.4) is 0 Å². The molecule has 0 aliphatic carbocycles. The smallest absolute Gasteiger partial charge is 0.130 e. The number of halogens is 1. The summed E-state index contributed by atoms with van der Waals surface area (Å²) >= 11 is 7.51. The maximum Gasteiger partial charge on any atom is 0.130 e. The molecule has 1 unspecified atom stereocenters. The van der Waals surface area contributed by atoms with Crippen LogP contribution in [0.5, 0.6) is 0 Å². The van der Waals surface area contributed by atoms with Crippen LogP contribution in [-0.4, -0.2) is 17.1 Å². The van der Waals surface area contributed by atoms with Gasteiger partial charge in [-0.3, -0.25) is 5.32 Å². The zero-order valence-electron chi connectivity index (χ0n) is 6.60. The Morgan fingerprint density at radius 3 is 2.60 bits per heavy atom. The van der Waals surface area contributed by atoms with E-state index in [4.69, 9.17) is 11.6 Å². The van der Waals surface area contributed by atoms with Gasteiger partial charge in [0.1, 0.15) is 4.83 Å². The van der Waals surface area contributed by atoms with Gasteiger partial charge in [0.2, 0.25) is 0 Å². The Kier molecular flexibility index (Phi) is 6.28. The van der Waals surface area contributed by atoms with Crippen LogP contribution in [0.2, 0.25) is 0 Å². The summed E-state index contributed by atoms with van der Waals surface area (Å²) in [6, 6.07) is 0. The molecule has 0 spiro atoms. The van der Waals surface area contributed by atoms with E-state index in [0.29, 0.717) is 5.25 Å². The molecule has 3 heteroatoms. The summed E-state index contributed by atoms with van der Waals surface area (Å²) in [5.41, 5.74) is 0. The summed E-state index contributed by atoms with van der Waals surface area (Å²) in [5.74, 6) is 0. The molecule has 0 aliphatic heterocycles. The van der Waals surface area contributed by atoms with Crippen LogP contribution in [0.15, 0.2) is 12.2 Å². The Labute approximate surface area is 72.2 Å². The third-order valence-electron chi connectivity index (χ3n) is 1.02. The first-order chi connectivity index (χ1) is 4.70. The Balaban J connectivity index is 3.46. The molecule has 0 saturated carbocycles. The molecule has 10 heavy (non-hydrogen) atoms. The Morgan fingerprint density at radius 1 is 1.60 bits per heavy atom. The molecule has 2 atom stereocenters. The number of nitrogens with one attached hydrogen (secondary N) is 1. The molecular formula is C7H14ClNS. The largest absolute Gasteiger partial charge is 0.296 e. The van der Waals surface area contributed by atoms with E-state index in [0.717, 1.165) is 0 Å². The highest BCUT2D eigenvalue weighted by atomic mass is 35.5. The van der Waals surface area contributed by atoms with E-state index in [2.05, 4.69) is 18.3 Å². The van der Waals surface area contributed by atoms with E-state index >= 15 is 0 Å². The average molecular weight is 180 g/mol. The van der Waals surface area contributed by atoms with E-state index < -0.39 is 0 Å². The van der Waals surface area contributed by atoms with Gasteiger partial charge in [0.25, 0.3) is 0 Å². The molecule has 0 heterocycles. The fourth-order valence-corrected chi connectivity index (χ4v) is 1.82. The van der Waals surface area contributed by atoms with Gasteiger partial charge in [0.05, 0.1) is 0 Å². The van der Waals surface area contributed by atoms with Gasteiger partial charge in [-0.2, -0.15) is 0 Å². The minimum absolute atomic E-state index is 0.0196. The van der Waals surface area contributed by atoms with E-state index in [1.807, 2.05) is 20.0 Å². The molecule has 60 valence electrons. The molecule has 1 N–H and O–H groups in total. The van der Waals surface area contributed by atoms with Crippen molar-refractivity contribution < 1.29 is 0 Å². The molecule has 1 nitrogen and oxygen atoms in total. The molecule has 0 amide bonds. The molecule has 0 bridgehead atoms. The third-order valence-corrected chi connectivity index (χ3v) is 2.61. The van der Waals surface area contributed by atoms with Gasteiger partial charge >= 0.3 is 0 Å². The quantitative estimate of drug-likeness (QED) is 0.308. The van der Waals surface area contributed by atoms with Gasteiger partial charge in [-0.15, -0.1) is 11.8 Å². The second-order valence-electron chi connectivity index (χ2n) is 1.97. The lowest BCUT2D eigenvalue weighted by Gasteiger charge is -2.10. The molecule has 0 rings (SSSR count). The van der Waals surface area contributed by atoms with Crippen LogP contribution in [0.4, 0.5) is 0 Å². The predicted octanol–water partition coefficient (Wildman–Crippen LogP) is 2.43. The van der Waals surface area contributed by atoms with Gasteiger partial charge in [0, 0.05) is 5.25 Å². The highest BCUT2D eigenvalue weighted by molar-refractivity contribution is 8.01. The molecule has 0 radical (unpaired) electrons. The maximum atomic E-state index is 5.81. The van der Waals surface area contributed by atoms with Gasteiger partial charge in [-0.25, -0.2) is 0 Å². The van der Waals surface area contributed by atoms with Gasteiger partial charge < -0.3 is 0 Å². The lowest BCUT2D eigenvalue weighted by atomic mass is 10.4. The van der Waals surface area contributed by atoms with Crippen molar-refractivity contribution in [3.8, 4) is 0 Å². The van der Waals surface area contributed by atoms with E-state index in [1.54, 1.807) is 11.8 Å². The van der Waals surface area contributed by atoms with Crippen LogP contribution in [0.25, 0.3) is 0 Å². The first kappa shape index (κ1) is 10.3. The first-order valence-corrected chi connectivity index (χ1v) is 4.68. The third kappa shape index (κ3) is 5.15. The van der Waals surface area contributed by atoms with Crippen LogP contribution >= 0.6 is 23.4 Å². The van der Waals surface area contributed by atoms with Gasteiger partial charge in [0.15, 0.2) is 0 Å². The second-order valence-corrected chi connectivity index (χ2v) is 4.15. The van der Waals surface area contributed by atoms with Crippen molar-refractivity contribution >= 4 is 23.4 Å². The Morgan fingerprint density at radius 2 is 2.20 bits per heavy atom. The maximum absolute atomic E-state index is 5.81. The molecular weight excluding hydrogens is 166 g/mol. The van der Waals surface area contributed by atoms with Crippen LogP contribution in [0, 0.1) is 0 Å². The van der Waals surface area contributed by atoms with Crippen LogP contribution in [-0.2, 0) is 0 Å². The van der Waals surface area contributed by atoms with Gasteiger partial charge in [-0.1, -0.05) is 23.8 Å². The van der Waals surface area contributed by atoms with E-state index in [-0.39, 0.29) is 4.83 Å². The number of rotatable bonds is 4. The summed E-state index contributed by atoms with van der Waals surface area (Å²) in [6.07, 6.45) is 4.16. The van der Waals surface area contributed by atoms with Crippen molar-refractivity contribution in [2.45, 2.75) is 23.9 Å². The highest BCUT2D eigenvalue weighted by Gasteiger charge is 2.04. The van der Waals surface area contributed by atoms with Crippen molar-refractivity contribution in [1.82, 2.24) is 5.32 Å². The topological polar surface area (TPSA) is 12.0 Å². The predicted molar refractivity (Wildman–Crippen MR) is 50.6 cm³/mol. The minimum Gasteiger partial charge on any atom is -0.296 e. The fraction of sp³-hybridized carbons (Fsp3) is 0.714. The molecule has 0 aliphatic rings. The van der Waals surface area contributed by atoms with Crippen LogP contribution < -0.4 is 5.32 Å². The summed E-state index contributed by atoms with van der Waals surface area (Å²) in [5, 5.41) is 3.43. The number of hydrogen-bond acceptors (Lipinski definition) is 2. The van der Waals surface area contributed by atoms with Crippen molar-refractivity contribution in [1.29, 1.82) is 0 Å². The lowest BCUT2D eigenvalue weighted by Crippen LogP contribution is -2.16. The molecule has 0 aromatic heterocycles. The molecule has 0 saturated heterocycles. The Bertz CT molecular complexity index is 106. The number of thioether (sulfide) groups is 1. The SMILES string of the molecule is C/C=C/[C@@H](C)SC(Cl)NC. The van der Waals surface area contributed by atoms with Crippen molar-refractivity contribution in [3.05, 3.63) is 12.2 Å². The van der Waals surface area contributed by atoms with Crippen molar-refractivity contribution in [3.63, 3.8) is 0 Å². The average Bonchev–Trinajstić information content (AvgIpc) is 1.88. The zero-order valence-corrected chi connectivity index (χ0v) is 8.17. The Hall–Kier alpha value is 0.340.